The maximum Gasteiger partial charge on any atom is 0.407 e. The lowest BCUT2D eigenvalue weighted by atomic mass is 10.1. The molecule has 61 heavy (non-hydrogen) atoms. The van der Waals surface area contributed by atoms with Gasteiger partial charge in [0, 0.05) is 51.2 Å². The Morgan fingerprint density at radius 1 is 0.656 bits per heavy atom. The minimum atomic E-state index is -0.835. The standard InChI is InChI=1S/C21H31N5O8.C16H23N5O6/c1-21(2,3)34-20(31)23-7-9-33-11-10-32-8-6-22-18(29)14-12-17(28)26(13-24-14)15-4-5-16(27)25-19(15)30;17-3-5-26-7-8-27-6-4-18-15(24)11-9-14(23)21(10-19-11)12-1-2-13(22)20-16(12)25/h12-13,15H,4-11H2,1-3H3,(H,22,29)(H,23,31)(H,25,27,30);9-10,12H,1-8,17H2,(H,18,24)(H,20,22,25). The lowest BCUT2D eigenvalue weighted by Crippen LogP contribution is -2.44. The predicted octanol–water partition coefficient (Wildman–Crippen LogP) is -2.55. The second-order valence-corrected chi connectivity index (χ2v) is 14.2. The smallest absolute Gasteiger partial charge is 0.407 e. The van der Waals surface area contributed by atoms with E-state index >= 15 is 0 Å². The fourth-order valence-corrected chi connectivity index (χ4v) is 5.35. The SMILES string of the molecule is CC(C)(C)OC(=O)NCCOCCOCCNC(=O)c1cc(=O)n(C2CCC(=O)NC2=O)cn1.NCCOCCOCCNC(=O)c1cc(=O)n(C2CCC(=O)NC2=O)cn1. The summed E-state index contributed by atoms with van der Waals surface area (Å²) < 4.78 is 28.4. The molecule has 0 aliphatic carbocycles. The summed E-state index contributed by atoms with van der Waals surface area (Å²) >= 11 is 0. The van der Waals surface area contributed by atoms with E-state index in [-0.39, 0.29) is 75.2 Å². The molecule has 2 atom stereocenters. The van der Waals surface area contributed by atoms with Gasteiger partial charge in [0.2, 0.25) is 23.6 Å². The number of carbonyl (C=O) groups is 7. The van der Waals surface area contributed by atoms with Crippen molar-refractivity contribution in [1.29, 1.82) is 0 Å². The molecule has 0 saturated carbocycles. The zero-order valence-corrected chi connectivity index (χ0v) is 34.4. The van der Waals surface area contributed by atoms with Crippen LogP contribution in [-0.4, -0.2) is 145 Å². The number of imide groups is 2. The van der Waals surface area contributed by atoms with Gasteiger partial charge in [-0.05, 0) is 33.6 Å². The molecule has 0 bridgehead atoms. The van der Waals surface area contributed by atoms with Gasteiger partial charge in [0.05, 0.1) is 65.5 Å². The number of amides is 7. The number of ether oxygens (including phenoxy) is 5. The van der Waals surface area contributed by atoms with Crippen LogP contribution in [0, 0.1) is 0 Å². The minimum absolute atomic E-state index is 0.0603. The number of alkyl carbamates (subject to hydrolysis) is 1. The van der Waals surface area contributed by atoms with Gasteiger partial charge in [-0.3, -0.25) is 58.1 Å². The summed E-state index contributed by atoms with van der Waals surface area (Å²) in [4.78, 5) is 114. The maximum atomic E-state index is 12.3. The Bertz CT molecular complexity index is 1950. The molecule has 2 aliphatic rings. The van der Waals surface area contributed by atoms with Gasteiger partial charge in [-0.1, -0.05) is 0 Å². The fourth-order valence-electron chi connectivity index (χ4n) is 5.35. The van der Waals surface area contributed by atoms with Crippen LogP contribution in [0.2, 0.25) is 0 Å². The van der Waals surface area contributed by atoms with Gasteiger partial charge in [-0.15, -0.1) is 0 Å². The van der Waals surface area contributed by atoms with Crippen LogP contribution in [0.5, 0.6) is 0 Å². The van der Waals surface area contributed by atoms with Crippen molar-refractivity contribution in [1.82, 2.24) is 45.7 Å². The van der Waals surface area contributed by atoms with Crippen LogP contribution >= 0.6 is 0 Å². The third-order valence-corrected chi connectivity index (χ3v) is 8.21. The van der Waals surface area contributed by atoms with Crippen molar-refractivity contribution < 1.29 is 57.2 Å². The number of hydrogen-bond acceptors (Lipinski definition) is 17. The molecule has 2 aromatic rings. The monoisotopic (exact) mass is 862 g/mol. The molecule has 7 N–H and O–H groups in total. The second kappa shape index (κ2) is 25.6. The normalized spacial score (nSPS) is 16.4. The number of rotatable bonds is 21. The molecule has 2 aliphatic heterocycles. The van der Waals surface area contributed by atoms with Crippen LogP contribution in [0.1, 0.15) is 79.5 Å². The van der Waals surface area contributed by atoms with E-state index in [1.165, 1.54) is 0 Å². The first-order valence-electron chi connectivity index (χ1n) is 19.5. The molecular weight excluding hydrogens is 808 g/mol. The van der Waals surface area contributed by atoms with Crippen molar-refractivity contribution in [3.8, 4) is 0 Å². The highest BCUT2D eigenvalue weighted by Crippen LogP contribution is 2.17. The molecule has 4 heterocycles. The third-order valence-electron chi connectivity index (χ3n) is 8.21. The van der Waals surface area contributed by atoms with Crippen LogP contribution in [0.15, 0.2) is 34.4 Å². The van der Waals surface area contributed by atoms with E-state index in [9.17, 15) is 43.2 Å². The molecule has 0 radical (unpaired) electrons. The Hall–Kier alpha value is -5.95. The van der Waals surface area contributed by atoms with Gasteiger partial charge in [-0.2, -0.15) is 0 Å². The van der Waals surface area contributed by atoms with E-state index in [4.69, 9.17) is 29.4 Å². The molecule has 2 fully saturated rings. The van der Waals surface area contributed by atoms with Gasteiger partial charge >= 0.3 is 6.09 Å². The molecule has 4 rings (SSSR count). The van der Waals surface area contributed by atoms with Crippen molar-refractivity contribution in [2.45, 2.75) is 64.1 Å². The molecule has 2 aromatic heterocycles. The van der Waals surface area contributed by atoms with E-state index in [1.54, 1.807) is 20.8 Å². The first-order valence-corrected chi connectivity index (χ1v) is 19.5. The highest BCUT2D eigenvalue weighted by Gasteiger charge is 2.30. The lowest BCUT2D eigenvalue weighted by molar-refractivity contribution is -0.137. The van der Waals surface area contributed by atoms with Gasteiger partial charge in [0.15, 0.2) is 0 Å². The van der Waals surface area contributed by atoms with Crippen LogP contribution in [0.3, 0.4) is 0 Å². The number of piperidine rings is 2. The molecule has 24 heteroatoms. The van der Waals surface area contributed by atoms with Crippen molar-refractivity contribution in [3.05, 3.63) is 56.9 Å². The lowest BCUT2D eigenvalue weighted by Gasteiger charge is -2.22. The summed E-state index contributed by atoms with van der Waals surface area (Å²) in [5.41, 5.74) is 3.46. The van der Waals surface area contributed by atoms with E-state index in [0.29, 0.717) is 52.7 Å². The quantitative estimate of drug-likeness (QED) is 0.0556. The van der Waals surface area contributed by atoms with Crippen molar-refractivity contribution >= 4 is 41.5 Å². The molecule has 7 amide bonds. The van der Waals surface area contributed by atoms with Gasteiger partial charge in [0.25, 0.3) is 22.9 Å². The molecule has 2 unspecified atom stereocenters. The Labute approximate surface area is 349 Å². The number of carbonyl (C=O) groups excluding carboxylic acids is 7. The van der Waals surface area contributed by atoms with Crippen LogP contribution < -0.4 is 43.4 Å². The summed E-state index contributed by atoms with van der Waals surface area (Å²) in [6.07, 6.45) is 2.43. The first-order chi connectivity index (χ1) is 29.1. The molecular formula is C37H54N10O14. The highest BCUT2D eigenvalue weighted by atomic mass is 16.6. The van der Waals surface area contributed by atoms with Crippen LogP contribution in [0.25, 0.3) is 0 Å². The van der Waals surface area contributed by atoms with Crippen molar-refractivity contribution in [2.75, 3.05) is 79.0 Å². The Morgan fingerprint density at radius 3 is 1.41 bits per heavy atom. The molecule has 2 saturated heterocycles. The highest BCUT2D eigenvalue weighted by molar-refractivity contribution is 6.00. The molecule has 0 aromatic carbocycles. The summed E-state index contributed by atoms with van der Waals surface area (Å²) in [5, 5.41) is 12.1. The largest absolute Gasteiger partial charge is 0.444 e. The second-order valence-electron chi connectivity index (χ2n) is 14.2. The fraction of sp³-hybridized carbons (Fsp3) is 0.595. The van der Waals surface area contributed by atoms with E-state index < -0.39 is 58.5 Å². The number of hydrogen-bond donors (Lipinski definition) is 6. The first kappa shape index (κ1) is 49.4. The Kier molecular flexibility index (Phi) is 20.8. The van der Waals surface area contributed by atoms with E-state index in [2.05, 4.69) is 36.6 Å². The molecule has 336 valence electrons. The zero-order chi connectivity index (χ0) is 44.8. The third kappa shape index (κ3) is 18.1. The van der Waals surface area contributed by atoms with Gasteiger partial charge in [0.1, 0.15) is 29.1 Å². The molecule has 0 spiro atoms. The average Bonchev–Trinajstić information content (AvgIpc) is 3.19. The number of nitrogens with zero attached hydrogens (tertiary/aromatic N) is 4. The molecule has 24 nitrogen and oxygen atoms in total. The summed E-state index contributed by atoms with van der Waals surface area (Å²) in [5.74, 6) is -2.97. The Morgan fingerprint density at radius 2 is 1.05 bits per heavy atom. The van der Waals surface area contributed by atoms with E-state index in [0.717, 1.165) is 33.9 Å². The minimum Gasteiger partial charge on any atom is -0.444 e. The van der Waals surface area contributed by atoms with Crippen LogP contribution in [0.4, 0.5) is 4.79 Å². The zero-order valence-electron chi connectivity index (χ0n) is 34.4. The number of aromatic nitrogens is 4. The average molecular weight is 863 g/mol. The van der Waals surface area contributed by atoms with Crippen molar-refractivity contribution in [2.24, 2.45) is 5.73 Å². The number of nitrogens with one attached hydrogen (secondary N) is 5. The maximum absolute atomic E-state index is 12.3. The Balaban J connectivity index is 0.000000334. The van der Waals surface area contributed by atoms with Crippen molar-refractivity contribution in [3.63, 3.8) is 0 Å². The predicted molar refractivity (Wildman–Crippen MR) is 211 cm³/mol. The summed E-state index contributed by atoms with van der Waals surface area (Å²) in [7, 11) is 0. The van der Waals surface area contributed by atoms with Gasteiger partial charge < -0.3 is 45.4 Å². The van der Waals surface area contributed by atoms with Gasteiger partial charge in [-0.25, -0.2) is 14.8 Å². The van der Waals surface area contributed by atoms with Crippen LogP contribution in [-0.2, 0) is 42.9 Å². The van der Waals surface area contributed by atoms with E-state index in [1.807, 2.05) is 0 Å². The summed E-state index contributed by atoms with van der Waals surface area (Å²) in [6, 6.07) is 0.452. The number of nitrogens with two attached hydrogens (primary N) is 1. The topological polar surface area (TPSA) is 322 Å². The summed E-state index contributed by atoms with van der Waals surface area (Å²) in [6.45, 7) is 9.21.